The molecule has 0 aliphatic rings. The van der Waals surface area contributed by atoms with Gasteiger partial charge in [-0.25, -0.2) is 4.79 Å². The molecule has 50 valence electrons. The molecule has 2 N–H and O–H groups in total. The molecule has 0 aliphatic heterocycles. The molecule has 0 bridgehead atoms. The number of terminal acetylenes is 1. The first-order chi connectivity index (χ1) is 4.31. The van der Waals surface area contributed by atoms with Gasteiger partial charge >= 0.3 is 6.03 Å². The summed E-state index contributed by atoms with van der Waals surface area (Å²) in [6.07, 6.45) is 5.51. The van der Waals surface area contributed by atoms with Crippen LogP contribution in [0.1, 0.15) is 6.42 Å². The Hall–Kier alpha value is -1.17. The fraction of sp³-hybridized carbons (Fsp3) is 0.500. The van der Waals surface area contributed by atoms with Crippen molar-refractivity contribution in [2.24, 2.45) is 0 Å². The van der Waals surface area contributed by atoms with E-state index in [1.54, 1.807) is 7.05 Å². The highest BCUT2D eigenvalue weighted by atomic mass is 16.2. The Bertz CT molecular complexity index is 126. The van der Waals surface area contributed by atoms with Crippen molar-refractivity contribution in [2.45, 2.75) is 6.42 Å². The molecule has 2 amide bonds. The first-order valence-corrected chi connectivity index (χ1v) is 2.70. The zero-order valence-electron chi connectivity index (χ0n) is 5.40. The van der Waals surface area contributed by atoms with E-state index in [1.807, 2.05) is 0 Å². The highest BCUT2D eigenvalue weighted by molar-refractivity contribution is 5.73. The fourth-order valence-electron chi connectivity index (χ4n) is 0.337. The lowest BCUT2D eigenvalue weighted by atomic mass is 10.4. The van der Waals surface area contributed by atoms with Crippen molar-refractivity contribution in [3.05, 3.63) is 0 Å². The van der Waals surface area contributed by atoms with Crippen LogP contribution in [0.3, 0.4) is 0 Å². The largest absolute Gasteiger partial charge is 0.341 e. The molecule has 3 heteroatoms. The number of carbonyl (C=O) groups is 1. The summed E-state index contributed by atoms with van der Waals surface area (Å²) in [5.41, 5.74) is 0. The standard InChI is InChI=1S/C6H10N2O/c1-3-4-5-8-6(9)7-2/h1H,4-5H2,2H3,(H2,7,8,9). The molecule has 0 atom stereocenters. The molecule has 0 spiro atoms. The van der Waals surface area contributed by atoms with Gasteiger partial charge in [-0.15, -0.1) is 12.3 Å². The maximum atomic E-state index is 10.4. The second-order valence-electron chi connectivity index (χ2n) is 1.46. The van der Waals surface area contributed by atoms with Crippen molar-refractivity contribution in [3.63, 3.8) is 0 Å². The first kappa shape index (κ1) is 7.83. The predicted octanol–water partition coefficient (Wildman–Crippen LogP) is -0.0613. The first-order valence-electron chi connectivity index (χ1n) is 2.70. The van der Waals surface area contributed by atoms with Gasteiger partial charge < -0.3 is 10.6 Å². The van der Waals surface area contributed by atoms with Crippen molar-refractivity contribution in [1.82, 2.24) is 10.6 Å². The summed E-state index contributed by atoms with van der Waals surface area (Å²) in [6, 6.07) is -0.190. The molecular formula is C6H10N2O. The molecule has 0 aromatic carbocycles. The van der Waals surface area contributed by atoms with Gasteiger partial charge in [0.05, 0.1) is 0 Å². The van der Waals surface area contributed by atoms with Crippen LogP contribution in [-0.2, 0) is 0 Å². The van der Waals surface area contributed by atoms with E-state index in [2.05, 4.69) is 16.6 Å². The van der Waals surface area contributed by atoms with Crippen molar-refractivity contribution in [1.29, 1.82) is 0 Å². The van der Waals surface area contributed by atoms with Crippen LogP contribution in [0.2, 0.25) is 0 Å². The molecule has 0 rings (SSSR count). The van der Waals surface area contributed by atoms with Gasteiger partial charge in [-0.05, 0) is 0 Å². The smallest absolute Gasteiger partial charge is 0.314 e. The second kappa shape index (κ2) is 4.98. The van der Waals surface area contributed by atoms with Gasteiger partial charge in [-0.2, -0.15) is 0 Å². The highest BCUT2D eigenvalue weighted by Gasteiger charge is 1.90. The normalized spacial score (nSPS) is 7.56. The van der Waals surface area contributed by atoms with Crippen LogP contribution in [0, 0.1) is 12.3 Å². The van der Waals surface area contributed by atoms with E-state index < -0.39 is 0 Å². The topological polar surface area (TPSA) is 41.1 Å². The molecule has 0 aromatic rings. The fourth-order valence-corrected chi connectivity index (χ4v) is 0.337. The Morgan fingerprint density at radius 2 is 2.44 bits per heavy atom. The van der Waals surface area contributed by atoms with E-state index in [9.17, 15) is 4.79 Å². The number of urea groups is 1. The monoisotopic (exact) mass is 126 g/mol. The molecule has 3 nitrogen and oxygen atoms in total. The van der Waals surface area contributed by atoms with Crippen molar-refractivity contribution in [3.8, 4) is 12.3 Å². The molecule has 0 aromatic heterocycles. The third-order valence-corrected chi connectivity index (χ3v) is 0.782. The van der Waals surface area contributed by atoms with Crippen molar-refractivity contribution in [2.75, 3.05) is 13.6 Å². The van der Waals surface area contributed by atoms with E-state index in [0.29, 0.717) is 13.0 Å². The van der Waals surface area contributed by atoms with Crippen LogP contribution in [-0.4, -0.2) is 19.6 Å². The van der Waals surface area contributed by atoms with E-state index >= 15 is 0 Å². The Kier molecular flexibility index (Phi) is 4.33. The summed E-state index contributed by atoms with van der Waals surface area (Å²) < 4.78 is 0. The molecule has 0 saturated carbocycles. The van der Waals surface area contributed by atoms with Crippen LogP contribution >= 0.6 is 0 Å². The Morgan fingerprint density at radius 1 is 1.78 bits per heavy atom. The third-order valence-electron chi connectivity index (χ3n) is 0.782. The van der Waals surface area contributed by atoms with Crippen LogP contribution in [0.5, 0.6) is 0 Å². The van der Waals surface area contributed by atoms with Crippen molar-refractivity contribution < 1.29 is 4.79 Å². The number of carbonyl (C=O) groups excluding carboxylic acids is 1. The van der Waals surface area contributed by atoms with Gasteiger partial charge in [-0.3, -0.25) is 0 Å². The van der Waals surface area contributed by atoms with Gasteiger partial charge in [-0.1, -0.05) is 0 Å². The quantitative estimate of drug-likeness (QED) is 0.395. The zero-order valence-corrected chi connectivity index (χ0v) is 5.40. The van der Waals surface area contributed by atoms with Gasteiger partial charge in [0.15, 0.2) is 0 Å². The summed E-state index contributed by atoms with van der Waals surface area (Å²) in [4.78, 5) is 10.4. The van der Waals surface area contributed by atoms with E-state index in [4.69, 9.17) is 6.42 Å². The average Bonchev–Trinajstić information content (AvgIpc) is 1.89. The molecule has 0 aliphatic carbocycles. The third kappa shape index (κ3) is 4.69. The number of amides is 2. The number of hydrogen-bond acceptors (Lipinski definition) is 1. The molecule has 0 saturated heterocycles. The lowest BCUT2D eigenvalue weighted by Crippen LogP contribution is -2.33. The van der Waals surface area contributed by atoms with Crippen LogP contribution in [0.4, 0.5) is 4.79 Å². The van der Waals surface area contributed by atoms with Gasteiger partial charge in [0, 0.05) is 20.0 Å². The Morgan fingerprint density at radius 3 is 2.89 bits per heavy atom. The average molecular weight is 126 g/mol. The highest BCUT2D eigenvalue weighted by Crippen LogP contribution is 1.68. The zero-order chi connectivity index (χ0) is 7.11. The van der Waals surface area contributed by atoms with Crippen molar-refractivity contribution >= 4 is 6.03 Å². The maximum Gasteiger partial charge on any atom is 0.314 e. The van der Waals surface area contributed by atoms with Gasteiger partial charge in [0.2, 0.25) is 0 Å². The summed E-state index contributed by atoms with van der Waals surface area (Å²) in [6.45, 7) is 0.538. The van der Waals surface area contributed by atoms with Gasteiger partial charge in [0.25, 0.3) is 0 Å². The lowest BCUT2D eigenvalue weighted by molar-refractivity contribution is 0.243. The van der Waals surface area contributed by atoms with Gasteiger partial charge in [0.1, 0.15) is 0 Å². The predicted molar refractivity (Wildman–Crippen MR) is 35.9 cm³/mol. The number of hydrogen-bond donors (Lipinski definition) is 2. The summed E-state index contributed by atoms with van der Waals surface area (Å²) in [7, 11) is 1.56. The van der Waals surface area contributed by atoms with E-state index in [-0.39, 0.29) is 6.03 Å². The maximum absolute atomic E-state index is 10.4. The Labute approximate surface area is 54.8 Å². The lowest BCUT2D eigenvalue weighted by Gasteiger charge is -1.98. The SMILES string of the molecule is C#CCCNC(=O)NC. The van der Waals surface area contributed by atoms with E-state index in [0.717, 1.165) is 0 Å². The minimum absolute atomic E-state index is 0.190. The molecule has 0 heterocycles. The summed E-state index contributed by atoms with van der Waals surface area (Å²) in [5, 5.41) is 4.95. The molecule has 0 unspecified atom stereocenters. The van der Waals surface area contributed by atoms with E-state index in [1.165, 1.54) is 0 Å². The minimum atomic E-state index is -0.190. The van der Waals surface area contributed by atoms with Crippen LogP contribution < -0.4 is 10.6 Å². The molecule has 0 radical (unpaired) electrons. The molecule has 9 heavy (non-hydrogen) atoms. The molecular weight excluding hydrogens is 116 g/mol. The Balaban J connectivity index is 3.09. The number of rotatable bonds is 2. The summed E-state index contributed by atoms with van der Waals surface area (Å²) in [5.74, 6) is 2.40. The minimum Gasteiger partial charge on any atom is -0.341 e. The molecule has 0 fully saturated rings. The second-order valence-corrected chi connectivity index (χ2v) is 1.46. The van der Waals surface area contributed by atoms with Crippen LogP contribution in [0.15, 0.2) is 0 Å². The summed E-state index contributed by atoms with van der Waals surface area (Å²) >= 11 is 0. The number of nitrogens with one attached hydrogen (secondary N) is 2. The van der Waals surface area contributed by atoms with Crippen LogP contribution in [0.25, 0.3) is 0 Å².